The van der Waals surface area contributed by atoms with Crippen LogP contribution in [0.3, 0.4) is 0 Å². The third-order valence-corrected chi connectivity index (χ3v) is 3.74. The van der Waals surface area contributed by atoms with Gasteiger partial charge >= 0.3 is 0 Å². The topological polar surface area (TPSA) is 38.0 Å². The molecule has 1 fully saturated rings. The van der Waals surface area contributed by atoms with Crippen molar-refractivity contribution in [3.63, 3.8) is 0 Å². The molecule has 0 aromatic rings. The number of hydrazine groups is 1. The number of hydrogen-bond acceptors (Lipinski definition) is 3. The predicted octanol–water partition coefficient (Wildman–Crippen LogP) is 1.76. The molecule has 0 spiro atoms. The smallest absolute Gasteiger partial charge is 0.0210 e. The van der Waals surface area contributed by atoms with Gasteiger partial charge in [0, 0.05) is 6.04 Å². The van der Waals surface area contributed by atoms with Crippen molar-refractivity contribution < 1.29 is 0 Å². The van der Waals surface area contributed by atoms with Crippen LogP contribution in [0.25, 0.3) is 0 Å². The first-order chi connectivity index (χ1) is 5.86. The van der Waals surface area contributed by atoms with Gasteiger partial charge in [-0.1, -0.05) is 6.92 Å². The van der Waals surface area contributed by atoms with Crippen LogP contribution in [0.15, 0.2) is 0 Å². The highest BCUT2D eigenvalue weighted by molar-refractivity contribution is 7.99. The predicted molar refractivity (Wildman–Crippen MR) is 56.1 cm³/mol. The summed E-state index contributed by atoms with van der Waals surface area (Å²) in [5, 5.41) is 0. The summed E-state index contributed by atoms with van der Waals surface area (Å²) in [5.41, 5.74) is 2.89. The summed E-state index contributed by atoms with van der Waals surface area (Å²) >= 11 is 2.09. The van der Waals surface area contributed by atoms with Crippen LogP contribution in [-0.2, 0) is 0 Å². The van der Waals surface area contributed by atoms with E-state index >= 15 is 0 Å². The van der Waals surface area contributed by atoms with Crippen LogP contribution in [0.5, 0.6) is 0 Å². The first kappa shape index (κ1) is 10.4. The highest BCUT2D eigenvalue weighted by Crippen LogP contribution is 2.26. The van der Waals surface area contributed by atoms with Gasteiger partial charge in [-0.15, -0.1) is 0 Å². The lowest BCUT2D eigenvalue weighted by molar-refractivity contribution is 0.361. The van der Waals surface area contributed by atoms with Crippen LogP contribution in [0.4, 0.5) is 0 Å². The number of thioether (sulfide) groups is 1. The molecule has 2 nitrogen and oxygen atoms in total. The molecule has 0 aliphatic carbocycles. The third-order valence-electron chi connectivity index (χ3n) is 2.69. The standard InChI is InChI=1S/C9H20N2S/c1-2-9(11-10)7-8-3-5-12-6-4-8/h8-9,11H,2-7,10H2,1H3. The first-order valence-corrected chi connectivity index (χ1v) is 6.06. The molecule has 0 amide bonds. The van der Waals surface area contributed by atoms with Gasteiger partial charge in [-0.3, -0.25) is 11.3 Å². The Bertz CT molecular complexity index is 109. The van der Waals surface area contributed by atoms with Crippen molar-refractivity contribution in [1.82, 2.24) is 5.43 Å². The van der Waals surface area contributed by atoms with E-state index in [1.807, 2.05) is 0 Å². The van der Waals surface area contributed by atoms with Crippen molar-refractivity contribution in [2.75, 3.05) is 11.5 Å². The molecule has 0 aromatic carbocycles. The van der Waals surface area contributed by atoms with Gasteiger partial charge in [-0.25, -0.2) is 0 Å². The van der Waals surface area contributed by atoms with Crippen LogP contribution in [0, 0.1) is 5.92 Å². The second-order valence-electron chi connectivity index (χ2n) is 3.56. The molecule has 1 saturated heterocycles. The summed E-state index contributed by atoms with van der Waals surface area (Å²) in [5.74, 6) is 9.07. The molecule has 72 valence electrons. The van der Waals surface area contributed by atoms with Crippen molar-refractivity contribution in [2.45, 2.75) is 38.6 Å². The van der Waals surface area contributed by atoms with Crippen molar-refractivity contribution >= 4 is 11.8 Å². The summed E-state index contributed by atoms with van der Waals surface area (Å²) < 4.78 is 0. The van der Waals surface area contributed by atoms with E-state index in [1.54, 1.807) is 0 Å². The van der Waals surface area contributed by atoms with E-state index in [0.29, 0.717) is 6.04 Å². The van der Waals surface area contributed by atoms with Gasteiger partial charge in [0.1, 0.15) is 0 Å². The highest BCUT2D eigenvalue weighted by Gasteiger charge is 2.16. The molecule has 1 heterocycles. The van der Waals surface area contributed by atoms with E-state index in [9.17, 15) is 0 Å². The maximum Gasteiger partial charge on any atom is 0.0210 e. The van der Waals surface area contributed by atoms with Crippen molar-refractivity contribution in [3.8, 4) is 0 Å². The molecule has 1 aliphatic rings. The Balaban J connectivity index is 2.18. The van der Waals surface area contributed by atoms with Crippen LogP contribution in [-0.4, -0.2) is 17.5 Å². The zero-order chi connectivity index (χ0) is 8.81. The summed E-state index contributed by atoms with van der Waals surface area (Å²) in [7, 11) is 0. The Hall–Kier alpha value is 0.270. The number of nitrogens with one attached hydrogen (secondary N) is 1. The minimum absolute atomic E-state index is 0.540. The lowest BCUT2D eigenvalue weighted by Gasteiger charge is -2.25. The quantitative estimate of drug-likeness (QED) is 0.521. The Morgan fingerprint density at radius 2 is 2.17 bits per heavy atom. The molecule has 1 aliphatic heterocycles. The van der Waals surface area contributed by atoms with Crippen LogP contribution < -0.4 is 11.3 Å². The van der Waals surface area contributed by atoms with Gasteiger partial charge in [0.25, 0.3) is 0 Å². The zero-order valence-corrected chi connectivity index (χ0v) is 8.70. The van der Waals surface area contributed by atoms with E-state index in [4.69, 9.17) is 5.84 Å². The lowest BCUT2D eigenvalue weighted by atomic mass is 9.93. The summed E-state index contributed by atoms with van der Waals surface area (Å²) in [6, 6.07) is 0.540. The summed E-state index contributed by atoms with van der Waals surface area (Å²) in [6.07, 6.45) is 5.21. The average Bonchev–Trinajstić information content (AvgIpc) is 2.16. The molecular formula is C9H20N2S. The van der Waals surface area contributed by atoms with Gasteiger partial charge in [0.05, 0.1) is 0 Å². The van der Waals surface area contributed by atoms with Crippen molar-refractivity contribution in [1.29, 1.82) is 0 Å². The average molecular weight is 188 g/mol. The van der Waals surface area contributed by atoms with Crippen molar-refractivity contribution in [2.24, 2.45) is 11.8 Å². The highest BCUT2D eigenvalue weighted by atomic mass is 32.2. The number of hydrogen-bond donors (Lipinski definition) is 2. The molecule has 1 rings (SSSR count). The van der Waals surface area contributed by atoms with Gasteiger partial charge in [0.2, 0.25) is 0 Å². The molecule has 0 aromatic heterocycles. The van der Waals surface area contributed by atoms with Crippen LogP contribution >= 0.6 is 11.8 Å². The maximum absolute atomic E-state index is 5.45. The molecule has 3 N–H and O–H groups in total. The Labute approximate surface area is 79.6 Å². The van der Waals surface area contributed by atoms with E-state index in [1.165, 1.54) is 30.8 Å². The zero-order valence-electron chi connectivity index (χ0n) is 7.88. The van der Waals surface area contributed by atoms with E-state index in [2.05, 4.69) is 24.1 Å². The molecule has 0 saturated carbocycles. The largest absolute Gasteiger partial charge is 0.271 e. The molecule has 0 radical (unpaired) electrons. The number of rotatable bonds is 4. The molecule has 1 atom stereocenters. The second-order valence-corrected chi connectivity index (χ2v) is 4.79. The molecule has 0 bridgehead atoms. The van der Waals surface area contributed by atoms with E-state index < -0.39 is 0 Å². The monoisotopic (exact) mass is 188 g/mol. The van der Waals surface area contributed by atoms with Gasteiger partial charge < -0.3 is 0 Å². The Morgan fingerprint density at radius 1 is 1.50 bits per heavy atom. The summed E-state index contributed by atoms with van der Waals surface area (Å²) in [4.78, 5) is 0. The van der Waals surface area contributed by atoms with E-state index in [-0.39, 0.29) is 0 Å². The minimum Gasteiger partial charge on any atom is -0.271 e. The lowest BCUT2D eigenvalue weighted by Crippen LogP contribution is -2.36. The van der Waals surface area contributed by atoms with Gasteiger partial charge in [-0.05, 0) is 43.1 Å². The van der Waals surface area contributed by atoms with Crippen LogP contribution in [0.1, 0.15) is 32.6 Å². The minimum atomic E-state index is 0.540. The third kappa shape index (κ3) is 3.33. The SMILES string of the molecule is CCC(CC1CCSCC1)NN. The van der Waals surface area contributed by atoms with Crippen molar-refractivity contribution in [3.05, 3.63) is 0 Å². The fourth-order valence-corrected chi connectivity index (χ4v) is 2.94. The normalized spacial score (nSPS) is 22.5. The Kier molecular flexibility index (Phi) is 5.04. The molecular weight excluding hydrogens is 168 g/mol. The fraction of sp³-hybridized carbons (Fsp3) is 1.00. The summed E-state index contributed by atoms with van der Waals surface area (Å²) in [6.45, 7) is 2.20. The first-order valence-electron chi connectivity index (χ1n) is 4.90. The molecule has 3 heteroatoms. The second kappa shape index (κ2) is 5.84. The van der Waals surface area contributed by atoms with Gasteiger partial charge in [-0.2, -0.15) is 11.8 Å². The maximum atomic E-state index is 5.45. The van der Waals surface area contributed by atoms with Gasteiger partial charge in [0.15, 0.2) is 0 Å². The number of nitrogens with two attached hydrogens (primary N) is 1. The molecule has 1 unspecified atom stereocenters. The fourth-order valence-electron chi connectivity index (χ4n) is 1.74. The Morgan fingerprint density at radius 3 is 2.67 bits per heavy atom. The molecule has 12 heavy (non-hydrogen) atoms. The van der Waals surface area contributed by atoms with E-state index in [0.717, 1.165) is 12.3 Å². The van der Waals surface area contributed by atoms with Crippen LogP contribution in [0.2, 0.25) is 0 Å².